The quantitative estimate of drug-likeness (QED) is 0.163. The van der Waals surface area contributed by atoms with Gasteiger partial charge in [-0.25, -0.2) is 0 Å². The van der Waals surface area contributed by atoms with Gasteiger partial charge < -0.3 is 9.80 Å². The summed E-state index contributed by atoms with van der Waals surface area (Å²) in [5.41, 5.74) is 25.7. The summed E-state index contributed by atoms with van der Waals surface area (Å²) < 4.78 is 0. The molecule has 308 valence electrons. The molecule has 2 heterocycles. The lowest BCUT2D eigenvalue weighted by Crippen LogP contribution is -2.61. The molecule has 1 aliphatic carbocycles. The Balaban J connectivity index is 1.12. The first kappa shape index (κ1) is 39.3. The van der Waals surface area contributed by atoms with E-state index in [1.54, 1.807) is 0 Å². The summed E-state index contributed by atoms with van der Waals surface area (Å²) >= 11 is 0. The second-order valence-electron chi connectivity index (χ2n) is 20.7. The number of anilines is 6. The van der Waals surface area contributed by atoms with Crippen LogP contribution in [-0.2, 0) is 16.2 Å². The summed E-state index contributed by atoms with van der Waals surface area (Å²) in [6, 6.07) is 64.6. The number of fused-ring (bicyclic) bond motifs is 7. The molecule has 2 nitrogen and oxygen atoms in total. The molecule has 0 atom stereocenters. The average Bonchev–Trinajstić information content (AvgIpc) is 3.51. The highest BCUT2D eigenvalue weighted by Gasteiger charge is 2.44. The number of hydrogen-bond acceptors (Lipinski definition) is 2. The van der Waals surface area contributed by atoms with Gasteiger partial charge in [-0.05, 0) is 144 Å². The van der Waals surface area contributed by atoms with Gasteiger partial charge >= 0.3 is 0 Å². The van der Waals surface area contributed by atoms with Gasteiger partial charge in [0, 0.05) is 39.5 Å². The van der Waals surface area contributed by atoms with E-state index < -0.39 is 0 Å². The van der Waals surface area contributed by atoms with Crippen LogP contribution in [0.1, 0.15) is 83.2 Å². The predicted octanol–water partition coefficient (Wildman–Crippen LogP) is 14.3. The van der Waals surface area contributed by atoms with Crippen LogP contribution in [0.15, 0.2) is 170 Å². The van der Waals surface area contributed by atoms with Crippen molar-refractivity contribution in [1.82, 2.24) is 0 Å². The Bertz CT molecular complexity index is 3110. The molecule has 0 radical (unpaired) electrons. The molecule has 0 N–H and O–H groups in total. The molecule has 8 aromatic carbocycles. The Morgan fingerprint density at radius 1 is 0.429 bits per heavy atom. The van der Waals surface area contributed by atoms with Crippen molar-refractivity contribution in [3.05, 3.63) is 198 Å². The second kappa shape index (κ2) is 14.0. The Kier molecular flexibility index (Phi) is 8.71. The van der Waals surface area contributed by atoms with E-state index in [9.17, 15) is 0 Å². The van der Waals surface area contributed by atoms with E-state index in [2.05, 4.69) is 242 Å². The van der Waals surface area contributed by atoms with Crippen molar-refractivity contribution in [2.45, 2.75) is 78.6 Å². The molecular formula is C60H55BN2. The van der Waals surface area contributed by atoms with Gasteiger partial charge in [0.2, 0.25) is 0 Å². The van der Waals surface area contributed by atoms with Crippen molar-refractivity contribution < 1.29 is 0 Å². The molecule has 0 unspecified atom stereocenters. The molecule has 63 heavy (non-hydrogen) atoms. The topological polar surface area (TPSA) is 6.48 Å². The van der Waals surface area contributed by atoms with E-state index in [-0.39, 0.29) is 23.0 Å². The SMILES string of the molecule is Cc1cc2c3c(c1)N(c1ccc(-c4cccc5c4-c4ccccc4C5(C)C)cc1)c1cc(C(C)(C)C)ccc1B3c1cc(C(C)(C)C)ccc1N2c1ccc(-c2ccccc2)cc1. The zero-order chi connectivity index (χ0) is 43.6. The first-order valence-corrected chi connectivity index (χ1v) is 22.7. The van der Waals surface area contributed by atoms with E-state index in [1.165, 1.54) is 106 Å². The van der Waals surface area contributed by atoms with Crippen molar-refractivity contribution >= 4 is 57.2 Å². The summed E-state index contributed by atoms with van der Waals surface area (Å²) in [5.74, 6) is 0. The number of nitrogens with zero attached hydrogens (tertiary/aromatic N) is 2. The van der Waals surface area contributed by atoms with Gasteiger partial charge in [-0.1, -0.05) is 177 Å². The third-order valence-corrected chi connectivity index (χ3v) is 14.2. The van der Waals surface area contributed by atoms with Gasteiger partial charge in [-0.3, -0.25) is 0 Å². The maximum absolute atomic E-state index is 2.57. The van der Waals surface area contributed by atoms with Gasteiger partial charge in [0.05, 0.1) is 0 Å². The molecule has 2 aliphatic heterocycles. The molecule has 0 saturated carbocycles. The number of benzene rings is 8. The lowest BCUT2D eigenvalue weighted by Gasteiger charge is -2.45. The lowest BCUT2D eigenvalue weighted by atomic mass is 9.33. The Labute approximate surface area is 375 Å². The number of hydrogen-bond donors (Lipinski definition) is 0. The average molecular weight is 815 g/mol. The van der Waals surface area contributed by atoms with E-state index in [0.717, 1.165) is 5.69 Å². The monoisotopic (exact) mass is 814 g/mol. The van der Waals surface area contributed by atoms with Crippen LogP contribution in [0, 0.1) is 6.92 Å². The highest BCUT2D eigenvalue weighted by atomic mass is 15.2. The largest absolute Gasteiger partial charge is 0.311 e. The van der Waals surface area contributed by atoms with E-state index >= 15 is 0 Å². The zero-order valence-electron chi connectivity index (χ0n) is 38.1. The van der Waals surface area contributed by atoms with Crippen molar-refractivity contribution in [2.75, 3.05) is 9.80 Å². The van der Waals surface area contributed by atoms with Crippen LogP contribution in [0.25, 0.3) is 33.4 Å². The van der Waals surface area contributed by atoms with Crippen molar-refractivity contribution in [1.29, 1.82) is 0 Å². The molecular weight excluding hydrogens is 759 g/mol. The fourth-order valence-electron chi connectivity index (χ4n) is 10.8. The standard InChI is InChI=1S/C60H55BN2/c1-38-34-54-57-55(35-38)63(45-30-24-41(25-31-45)46-19-15-21-49-56(46)47-18-13-14-20-48(47)60(49,8)9)53-37-43(59(5,6)7)26-32-50(53)61(57)51-36-42(58(2,3)4)27-33-52(51)62(54)44-28-22-40(23-29-44)39-16-11-10-12-17-39/h10-37H,1-9H3. The minimum Gasteiger partial charge on any atom is -0.311 e. The highest BCUT2D eigenvalue weighted by Crippen LogP contribution is 2.52. The van der Waals surface area contributed by atoms with Crippen LogP contribution in [-0.4, -0.2) is 6.71 Å². The Hall–Kier alpha value is -6.58. The zero-order valence-corrected chi connectivity index (χ0v) is 38.1. The van der Waals surface area contributed by atoms with Crippen molar-refractivity contribution in [3.63, 3.8) is 0 Å². The third kappa shape index (κ3) is 6.15. The lowest BCUT2D eigenvalue weighted by molar-refractivity contribution is 0.590. The van der Waals surface area contributed by atoms with E-state index in [0.29, 0.717) is 0 Å². The molecule has 8 aromatic rings. The highest BCUT2D eigenvalue weighted by molar-refractivity contribution is 7.00. The summed E-state index contributed by atoms with van der Waals surface area (Å²) in [4.78, 5) is 5.10. The summed E-state index contributed by atoms with van der Waals surface area (Å²) in [5, 5.41) is 0. The Morgan fingerprint density at radius 3 is 1.63 bits per heavy atom. The molecule has 0 fully saturated rings. The van der Waals surface area contributed by atoms with Gasteiger partial charge in [0.25, 0.3) is 6.71 Å². The van der Waals surface area contributed by atoms with Gasteiger partial charge in [0.1, 0.15) is 0 Å². The minimum absolute atomic E-state index is 0.00828. The van der Waals surface area contributed by atoms with Crippen LogP contribution in [0.2, 0.25) is 0 Å². The van der Waals surface area contributed by atoms with Crippen LogP contribution in [0.5, 0.6) is 0 Å². The summed E-state index contributed by atoms with van der Waals surface area (Å²) in [6.07, 6.45) is 0. The predicted molar refractivity (Wildman–Crippen MR) is 271 cm³/mol. The van der Waals surface area contributed by atoms with Crippen LogP contribution in [0.4, 0.5) is 34.1 Å². The van der Waals surface area contributed by atoms with E-state index in [4.69, 9.17) is 0 Å². The molecule has 0 saturated heterocycles. The normalized spacial score (nSPS) is 14.5. The second-order valence-corrected chi connectivity index (χ2v) is 20.7. The third-order valence-electron chi connectivity index (χ3n) is 14.2. The van der Waals surface area contributed by atoms with Gasteiger partial charge in [-0.15, -0.1) is 0 Å². The molecule has 0 bridgehead atoms. The van der Waals surface area contributed by atoms with Crippen LogP contribution >= 0.6 is 0 Å². The first-order chi connectivity index (χ1) is 30.2. The number of rotatable bonds is 4. The maximum atomic E-state index is 2.57. The van der Waals surface area contributed by atoms with E-state index in [1.807, 2.05) is 0 Å². The molecule has 3 aliphatic rings. The molecule has 3 heteroatoms. The van der Waals surface area contributed by atoms with Crippen LogP contribution in [0.3, 0.4) is 0 Å². The fraction of sp³-hybridized carbons (Fsp3) is 0.200. The Morgan fingerprint density at radius 2 is 0.968 bits per heavy atom. The fourth-order valence-corrected chi connectivity index (χ4v) is 10.8. The maximum Gasteiger partial charge on any atom is 0.252 e. The van der Waals surface area contributed by atoms with Crippen LogP contribution < -0.4 is 26.2 Å². The summed E-state index contributed by atoms with van der Waals surface area (Å²) in [7, 11) is 0. The van der Waals surface area contributed by atoms with Gasteiger partial charge in [-0.2, -0.15) is 0 Å². The number of aryl methyl sites for hydroxylation is 1. The smallest absolute Gasteiger partial charge is 0.252 e. The van der Waals surface area contributed by atoms with Gasteiger partial charge in [0.15, 0.2) is 0 Å². The molecule has 0 spiro atoms. The van der Waals surface area contributed by atoms with Crippen molar-refractivity contribution in [3.8, 4) is 33.4 Å². The molecule has 11 rings (SSSR count). The first-order valence-electron chi connectivity index (χ1n) is 22.7. The minimum atomic E-state index is -0.0466. The molecule has 0 aromatic heterocycles. The summed E-state index contributed by atoms with van der Waals surface area (Å²) in [6.45, 7) is 21.0. The van der Waals surface area contributed by atoms with Crippen molar-refractivity contribution in [2.24, 2.45) is 0 Å². The molecule has 0 amide bonds.